The maximum atomic E-state index is 5.66. The minimum Gasteiger partial charge on any atom is -0.496 e. The van der Waals surface area contributed by atoms with E-state index >= 15 is 0 Å². The van der Waals surface area contributed by atoms with Gasteiger partial charge in [0.2, 0.25) is 0 Å². The molecule has 0 atom stereocenters. The Kier molecular flexibility index (Phi) is 5.63. The average Bonchev–Trinajstić information content (AvgIpc) is 2.36. The van der Waals surface area contributed by atoms with Crippen molar-refractivity contribution in [1.82, 2.24) is 4.90 Å². The lowest BCUT2D eigenvalue weighted by Gasteiger charge is -2.35. The summed E-state index contributed by atoms with van der Waals surface area (Å²) < 4.78 is 5.37. The first-order chi connectivity index (χ1) is 8.51. The highest BCUT2D eigenvalue weighted by atomic mass is 16.5. The molecule has 3 nitrogen and oxygen atoms in total. The van der Waals surface area contributed by atoms with E-state index in [1.54, 1.807) is 7.11 Å². The monoisotopic (exact) mass is 250 g/mol. The van der Waals surface area contributed by atoms with Crippen molar-refractivity contribution in [3.05, 3.63) is 29.8 Å². The molecule has 1 aromatic carbocycles. The number of benzene rings is 1. The SMILES string of the molecule is COc1ccccc1CCN(C)C(C)(C)CCN. The zero-order valence-corrected chi connectivity index (χ0v) is 12.1. The van der Waals surface area contributed by atoms with Gasteiger partial charge in [0.25, 0.3) is 0 Å². The van der Waals surface area contributed by atoms with Crippen LogP contribution in [0.1, 0.15) is 25.8 Å². The minimum atomic E-state index is 0.150. The Hall–Kier alpha value is -1.06. The second-order valence-corrected chi connectivity index (χ2v) is 5.33. The molecule has 0 spiro atoms. The molecule has 0 saturated heterocycles. The first-order valence-corrected chi connectivity index (χ1v) is 6.54. The van der Waals surface area contributed by atoms with Gasteiger partial charge < -0.3 is 15.4 Å². The Morgan fingerprint density at radius 2 is 1.94 bits per heavy atom. The lowest BCUT2D eigenvalue weighted by molar-refractivity contribution is 0.149. The topological polar surface area (TPSA) is 38.5 Å². The van der Waals surface area contributed by atoms with Crippen molar-refractivity contribution in [2.24, 2.45) is 5.73 Å². The van der Waals surface area contributed by atoms with Crippen molar-refractivity contribution in [2.45, 2.75) is 32.2 Å². The first kappa shape index (κ1) is 15.0. The number of hydrogen-bond acceptors (Lipinski definition) is 3. The standard InChI is InChI=1S/C15H26N2O/c1-15(2,10-11-16)17(3)12-9-13-7-5-6-8-14(13)18-4/h5-8H,9-12,16H2,1-4H3. The molecule has 0 heterocycles. The Labute approximate surface area is 111 Å². The Bertz CT molecular complexity index is 363. The van der Waals surface area contributed by atoms with Crippen LogP contribution in [0.5, 0.6) is 5.75 Å². The van der Waals surface area contributed by atoms with Crippen LogP contribution in [0.25, 0.3) is 0 Å². The molecule has 0 amide bonds. The summed E-state index contributed by atoms with van der Waals surface area (Å²) in [7, 11) is 3.88. The van der Waals surface area contributed by atoms with Gasteiger partial charge in [0.15, 0.2) is 0 Å². The van der Waals surface area contributed by atoms with E-state index in [-0.39, 0.29) is 5.54 Å². The van der Waals surface area contributed by atoms with E-state index in [0.29, 0.717) is 0 Å². The maximum absolute atomic E-state index is 5.66. The van der Waals surface area contributed by atoms with E-state index in [2.05, 4.69) is 37.9 Å². The highest BCUT2D eigenvalue weighted by Crippen LogP contribution is 2.20. The predicted molar refractivity (Wildman–Crippen MR) is 77.1 cm³/mol. The van der Waals surface area contributed by atoms with Crippen LogP contribution in [-0.2, 0) is 6.42 Å². The average molecular weight is 250 g/mol. The van der Waals surface area contributed by atoms with Gasteiger partial charge in [0, 0.05) is 12.1 Å². The molecule has 102 valence electrons. The van der Waals surface area contributed by atoms with Crippen molar-refractivity contribution >= 4 is 0 Å². The van der Waals surface area contributed by atoms with E-state index in [4.69, 9.17) is 10.5 Å². The number of ether oxygens (including phenoxy) is 1. The van der Waals surface area contributed by atoms with Gasteiger partial charge in [-0.15, -0.1) is 0 Å². The lowest BCUT2D eigenvalue weighted by atomic mass is 9.98. The summed E-state index contributed by atoms with van der Waals surface area (Å²) in [5.74, 6) is 0.975. The summed E-state index contributed by atoms with van der Waals surface area (Å²) in [5, 5.41) is 0. The van der Waals surface area contributed by atoms with Crippen molar-refractivity contribution < 1.29 is 4.74 Å². The Balaban J connectivity index is 2.59. The zero-order valence-electron chi connectivity index (χ0n) is 12.1. The zero-order chi connectivity index (χ0) is 13.6. The summed E-state index contributed by atoms with van der Waals surface area (Å²) in [4.78, 5) is 2.37. The third kappa shape index (κ3) is 4.00. The highest BCUT2D eigenvalue weighted by molar-refractivity contribution is 5.33. The third-order valence-corrected chi connectivity index (χ3v) is 3.70. The third-order valence-electron chi connectivity index (χ3n) is 3.70. The number of rotatable bonds is 7. The number of para-hydroxylation sites is 1. The van der Waals surface area contributed by atoms with Gasteiger partial charge in [-0.1, -0.05) is 18.2 Å². The fraction of sp³-hybridized carbons (Fsp3) is 0.600. The van der Waals surface area contributed by atoms with Gasteiger partial charge in [0.05, 0.1) is 7.11 Å². The molecule has 0 aliphatic carbocycles. The molecule has 0 aliphatic rings. The van der Waals surface area contributed by atoms with E-state index in [9.17, 15) is 0 Å². The summed E-state index contributed by atoms with van der Waals surface area (Å²) in [6, 6.07) is 8.20. The fourth-order valence-electron chi connectivity index (χ4n) is 2.04. The van der Waals surface area contributed by atoms with Crippen molar-refractivity contribution in [3.8, 4) is 5.75 Å². The van der Waals surface area contributed by atoms with Crippen LogP contribution in [0.15, 0.2) is 24.3 Å². The quantitative estimate of drug-likeness (QED) is 0.807. The van der Waals surface area contributed by atoms with Gasteiger partial charge in [-0.25, -0.2) is 0 Å². The van der Waals surface area contributed by atoms with Gasteiger partial charge >= 0.3 is 0 Å². The van der Waals surface area contributed by atoms with Crippen LogP contribution in [0.4, 0.5) is 0 Å². The molecule has 0 radical (unpaired) electrons. The minimum absolute atomic E-state index is 0.150. The number of methoxy groups -OCH3 is 1. The normalized spacial score (nSPS) is 11.9. The fourth-order valence-corrected chi connectivity index (χ4v) is 2.04. The van der Waals surface area contributed by atoms with Gasteiger partial charge in [0.1, 0.15) is 5.75 Å². The van der Waals surface area contributed by atoms with Crippen molar-refractivity contribution in [3.63, 3.8) is 0 Å². The van der Waals surface area contributed by atoms with Crippen LogP contribution in [0.2, 0.25) is 0 Å². The van der Waals surface area contributed by atoms with Crippen molar-refractivity contribution in [1.29, 1.82) is 0 Å². The second kappa shape index (κ2) is 6.76. The van der Waals surface area contributed by atoms with Gasteiger partial charge in [-0.2, -0.15) is 0 Å². The molecule has 0 aromatic heterocycles. The lowest BCUT2D eigenvalue weighted by Crippen LogP contribution is -2.43. The molecule has 0 saturated carbocycles. The largest absolute Gasteiger partial charge is 0.496 e. The molecule has 0 fully saturated rings. The van der Waals surface area contributed by atoms with Gasteiger partial charge in [-0.3, -0.25) is 0 Å². The van der Waals surface area contributed by atoms with Crippen LogP contribution in [-0.4, -0.2) is 37.7 Å². The second-order valence-electron chi connectivity index (χ2n) is 5.33. The van der Waals surface area contributed by atoms with Crippen molar-refractivity contribution in [2.75, 3.05) is 27.2 Å². The number of nitrogens with two attached hydrogens (primary N) is 1. The molecule has 0 bridgehead atoms. The molecule has 0 aliphatic heterocycles. The molecule has 0 unspecified atom stereocenters. The molecule has 2 N–H and O–H groups in total. The maximum Gasteiger partial charge on any atom is 0.122 e. The molecule has 1 rings (SSSR count). The van der Waals surface area contributed by atoms with E-state index in [1.165, 1.54) is 5.56 Å². The molecular weight excluding hydrogens is 224 g/mol. The number of likely N-dealkylation sites (N-methyl/N-ethyl adjacent to an activating group) is 1. The van der Waals surface area contributed by atoms with Gasteiger partial charge in [-0.05, 0) is 51.9 Å². The molecule has 3 heteroatoms. The van der Waals surface area contributed by atoms with Crippen LogP contribution in [0, 0.1) is 0 Å². The molecule has 1 aromatic rings. The summed E-state index contributed by atoms with van der Waals surface area (Å²) in [5.41, 5.74) is 7.07. The molecular formula is C15H26N2O. The van der Waals surface area contributed by atoms with Crippen LogP contribution >= 0.6 is 0 Å². The summed E-state index contributed by atoms with van der Waals surface area (Å²) in [6.45, 7) is 6.21. The smallest absolute Gasteiger partial charge is 0.122 e. The number of nitrogens with zero attached hydrogens (tertiary/aromatic N) is 1. The predicted octanol–water partition coefficient (Wildman–Crippen LogP) is 2.30. The molecule has 18 heavy (non-hydrogen) atoms. The number of hydrogen-bond donors (Lipinski definition) is 1. The Morgan fingerprint density at radius 3 is 2.56 bits per heavy atom. The summed E-state index contributed by atoms with van der Waals surface area (Å²) in [6.07, 6.45) is 2.00. The summed E-state index contributed by atoms with van der Waals surface area (Å²) >= 11 is 0. The Morgan fingerprint density at radius 1 is 1.28 bits per heavy atom. The van der Waals surface area contributed by atoms with E-state index in [1.807, 2.05) is 12.1 Å². The highest BCUT2D eigenvalue weighted by Gasteiger charge is 2.22. The van der Waals surface area contributed by atoms with Crippen LogP contribution in [0.3, 0.4) is 0 Å². The van der Waals surface area contributed by atoms with E-state index in [0.717, 1.165) is 31.7 Å². The van der Waals surface area contributed by atoms with E-state index < -0.39 is 0 Å². The van der Waals surface area contributed by atoms with Crippen LogP contribution < -0.4 is 10.5 Å². The first-order valence-electron chi connectivity index (χ1n) is 6.54.